The van der Waals surface area contributed by atoms with Crippen molar-refractivity contribution in [2.24, 2.45) is 0 Å². The molecular weight excluding hydrogens is 316 g/mol. The second-order valence-electron chi connectivity index (χ2n) is 5.35. The smallest absolute Gasteiger partial charge is 0.319 e. The molecule has 0 spiro atoms. The Morgan fingerprint density at radius 1 is 1.39 bits per heavy atom. The second-order valence-corrected chi connectivity index (χ2v) is 6.38. The van der Waals surface area contributed by atoms with Crippen molar-refractivity contribution in [3.8, 4) is 0 Å². The van der Waals surface area contributed by atoms with E-state index in [-0.39, 0.29) is 18.0 Å². The number of carbonyl (C=O) groups excluding carboxylic acids is 2. The van der Waals surface area contributed by atoms with E-state index in [1.54, 1.807) is 6.07 Å². The number of carbonyl (C=O) groups is 2. The van der Waals surface area contributed by atoms with Gasteiger partial charge in [-0.3, -0.25) is 4.79 Å². The number of urea groups is 1. The van der Waals surface area contributed by atoms with Gasteiger partial charge < -0.3 is 20.7 Å². The number of fused-ring (bicyclic) bond motifs is 1. The van der Waals surface area contributed by atoms with Gasteiger partial charge >= 0.3 is 6.03 Å². The highest BCUT2D eigenvalue weighted by Gasteiger charge is 2.16. The predicted octanol–water partition coefficient (Wildman–Crippen LogP) is 2.56. The van der Waals surface area contributed by atoms with Crippen molar-refractivity contribution in [3.05, 3.63) is 18.2 Å². The van der Waals surface area contributed by atoms with Crippen LogP contribution >= 0.6 is 11.3 Å². The molecule has 2 heterocycles. The first-order valence-electron chi connectivity index (χ1n) is 7.45. The number of amides is 3. The van der Waals surface area contributed by atoms with Crippen molar-refractivity contribution >= 4 is 44.3 Å². The topological polar surface area (TPSA) is 92.4 Å². The minimum absolute atomic E-state index is 0.113. The predicted molar refractivity (Wildman–Crippen MR) is 89.9 cm³/mol. The van der Waals surface area contributed by atoms with Crippen molar-refractivity contribution in [3.63, 3.8) is 0 Å². The molecule has 0 radical (unpaired) electrons. The largest absolute Gasteiger partial charge is 0.376 e. The molecule has 2 aromatic rings. The number of ether oxygens (including phenoxy) is 1. The highest BCUT2D eigenvalue weighted by molar-refractivity contribution is 7.22. The number of aromatic nitrogens is 1. The second kappa shape index (κ2) is 6.93. The maximum Gasteiger partial charge on any atom is 0.319 e. The summed E-state index contributed by atoms with van der Waals surface area (Å²) in [5.41, 5.74) is 1.39. The number of benzene rings is 1. The fourth-order valence-electron chi connectivity index (χ4n) is 2.40. The minimum atomic E-state index is -0.267. The Morgan fingerprint density at radius 2 is 2.26 bits per heavy atom. The van der Waals surface area contributed by atoms with E-state index in [2.05, 4.69) is 20.9 Å². The van der Waals surface area contributed by atoms with Gasteiger partial charge in [0.1, 0.15) is 0 Å². The third-order valence-corrected chi connectivity index (χ3v) is 4.39. The van der Waals surface area contributed by atoms with E-state index in [1.807, 2.05) is 12.1 Å². The van der Waals surface area contributed by atoms with E-state index >= 15 is 0 Å². The molecule has 3 amide bonds. The molecule has 7 nitrogen and oxygen atoms in total. The lowest BCUT2D eigenvalue weighted by Crippen LogP contribution is -2.34. The molecule has 1 atom stereocenters. The standard InChI is InChI=1S/C15H18N4O3S/c1-9(20)17-15-19-12-7-10(4-5-13(12)23-15)18-14(21)16-8-11-3-2-6-22-11/h4-5,7,11H,2-3,6,8H2,1H3,(H2,16,18,21)(H,17,19,20). The quantitative estimate of drug-likeness (QED) is 0.801. The molecule has 3 N–H and O–H groups in total. The van der Waals surface area contributed by atoms with Gasteiger partial charge in [0.15, 0.2) is 5.13 Å². The first-order chi connectivity index (χ1) is 11.1. The maximum absolute atomic E-state index is 11.9. The summed E-state index contributed by atoms with van der Waals surface area (Å²) in [6, 6.07) is 5.19. The number of nitrogens with zero attached hydrogens (tertiary/aromatic N) is 1. The zero-order chi connectivity index (χ0) is 16.2. The molecular formula is C15H18N4O3S. The summed E-state index contributed by atoms with van der Waals surface area (Å²) in [5, 5.41) is 8.79. The highest BCUT2D eigenvalue weighted by Crippen LogP contribution is 2.28. The molecule has 1 unspecified atom stereocenters. The SMILES string of the molecule is CC(=O)Nc1nc2cc(NC(=O)NCC3CCCO3)ccc2s1. The first kappa shape index (κ1) is 15.7. The lowest BCUT2D eigenvalue weighted by molar-refractivity contribution is -0.114. The zero-order valence-corrected chi connectivity index (χ0v) is 13.5. The molecule has 122 valence electrons. The monoisotopic (exact) mass is 334 g/mol. The number of rotatable bonds is 4. The van der Waals surface area contributed by atoms with E-state index in [1.165, 1.54) is 18.3 Å². The summed E-state index contributed by atoms with van der Waals surface area (Å²) in [6.07, 6.45) is 2.14. The Balaban J connectivity index is 1.60. The summed E-state index contributed by atoms with van der Waals surface area (Å²) in [6.45, 7) is 2.72. The molecule has 1 aliphatic heterocycles. The molecule has 1 aromatic heterocycles. The third-order valence-electron chi connectivity index (χ3n) is 3.44. The lowest BCUT2D eigenvalue weighted by Gasteiger charge is -2.11. The molecule has 0 bridgehead atoms. The average molecular weight is 334 g/mol. The Labute approximate surface area is 137 Å². The van der Waals surface area contributed by atoms with Gasteiger partial charge in [0.05, 0.1) is 16.3 Å². The zero-order valence-electron chi connectivity index (χ0n) is 12.7. The molecule has 1 saturated heterocycles. The van der Waals surface area contributed by atoms with Crippen LogP contribution in [0, 0.1) is 0 Å². The molecule has 1 fully saturated rings. The fraction of sp³-hybridized carbons (Fsp3) is 0.400. The van der Waals surface area contributed by atoms with Crippen molar-refractivity contribution in [1.82, 2.24) is 10.3 Å². The number of thiazole rings is 1. The normalized spacial score (nSPS) is 17.2. The van der Waals surface area contributed by atoms with Gasteiger partial charge in [0.2, 0.25) is 5.91 Å². The van der Waals surface area contributed by atoms with Crippen LogP contribution in [0.1, 0.15) is 19.8 Å². The van der Waals surface area contributed by atoms with E-state index in [4.69, 9.17) is 4.74 Å². The van der Waals surface area contributed by atoms with E-state index in [0.717, 1.165) is 29.7 Å². The summed E-state index contributed by atoms with van der Waals surface area (Å²) in [5.74, 6) is -0.157. The molecule has 3 rings (SSSR count). The van der Waals surface area contributed by atoms with Crippen LogP contribution in [-0.4, -0.2) is 36.2 Å². The minimum Gasteiger partial charge on any atom is -0.376 e. The number of nitrogens with one attached hydrogen (secondary N) is 3. The van der Waals surface area contributed by atoms with Crippen LogP contribution in [0.25, 0.3) is 10.2 Å². The van der Waals surface area contributed by atoms with Crippen LogP contribution in [0.5, 0.6) is 0 Å². The average Bonchev–Trinajstić information content (AvgIpc) is 3.12. The van der Waals surface area contributed by atoms with Crippen LogP contribution < -0.4 is 16.0 Å². The lowest BCUT2D eigenvalue weighted by atomic mass is 10.2. The van der Waals surface area contributed by atoms with E-state index in [0.29, 0.717) is 17.4 Å². The first-order valence-corrected chi connectivity index (χ1v) is 8.26. The van der Waals surface area contributed by atoms with Gasteiger partial charge in [0, 0.05) is 25.8 Å². The van der Waals surface area contributed by atoms with Crippen molar-refractivity contribution in [1.29, 1.82) is 0 Å². The van der Waals surface area contributed by atoms with Crippen LogP contribution in [-0.2, 0) is 9.53 Å². The summed E-state index contributed by atoms with van der Waals surface area (Å²) in [7, 11) is 0. The van der Waals surface area contributed by atoms with Crippen molar-refractivity contribution in [2.75, 3.05) is 23.8 Å². The van der Waals surface area contributed by atoms with E-state index in [9.17, 15) is 9.59 Å². The van der Waals surface area contributed by atoms with Gasteiger partial charge in [-0.1, -0.05) is 11.3 Å². The fourth-order valence-corrected chi connectivity index (χ4v) is 3.29. The van der Waals surface area contributed by atoms with Gasteiger partial charge in [-0.2, -0.15) is 0 Å². The molecule has 0 aliphatic carbocycles. The summed E-state index contributed by atoms with van der Waals surface area (Å²) >= 11 is 1.39. The molecule has 8 heteroatoms. The van der Waals surface area contributed by atoms with Crippen molar-refractivity contribution < 1.29 is 14.3 Å². The van der Waals surface area contributed by atoms with Gasteiger partial charge in [-0.15, -0.1) is 0 Å². The van der Waals surface area contributed by atoms with Crippen LogP contribution in [0.4, 0.5) is 15.6 Å². The van der Waals surface area contributed by atoms with Crippen LogP contribution in [0.2, 0.25) is 0 Å². The number of hydrogen-bond donors (Lipinski definition) is 3. The number of anilines is 2. The molecule has 1 aliphatic rings. The highest BCUT2D eigenvalue weighted by atomic mass is 32.1. The Bertz CT molecular complexity index is 725. The third kappa shape index (κ3) is 4.17. The summed E-state index contributed by atoms with van der Waals surface area (Å²) in [4.78, 5) is 27.3. The van der Waals surface area contributed by atoms with Crippen molar-refractivity contribution in [2.45, 2.75) is 25.9 Å². The van der Waals surface area contributed by atoms with Gasteiger partial charge in [0.25, 0.3) is 0 Å². The van der Waals surface area contributed by atoms with Crippen LogP contribution in [0.3, 0.4) is 0 Å². The molecule has 0 saturated carbocycles. The molecule has 23 heavy (non-hydrogen) atoms. The Morgan fingerprint density at radius 3 is 3.00 bits per heavy atom. The Hall–Kier alpha value is -2.19. The van der Waals surface area contributed by atoms with Gasteiger partial charge in [-0.25, -0.2) is 9.78 Å². The molecule has 1 aromatic carbocycles. The van der Waals surface area contributed by atoms with Crippen LogP contribution in [0.15, 0.2) is 18.2 Å². The van der Waals surface area contributed by atoms with Gasteiger partial charge in [-0.05, 0) is 31.0 Å². The van der Waals surface area contributed by atoms with E-state index < -0.39 is 0 Å². The Kier molecular flexibility index (Phi) is 4.73. The number of hydrogen-bond acceptors (Lipinski definition) is 5. The maximum atomic E-state index is 11.9. The summed E-state index contributed by atoms with van der Waals surface area (Å²) < 4.78 is 6.40.